The topological polar surface area (TPSA) is 3.24 Å². The van der Waals surface area contributed by atoms with Crippen LogP contribution in [0.1, 0.15) is 44.5 Å². The lowest BCUT2D eigenvalue weighted by Gasteiger charge is -2.35. The van der Waals surface area contributed by atoms with Gasteiger partial charge in [-0.1, -0.05) is 237 Å². The average molecular weight is 852 g/mol. The highest BCUT2D eigenvalue weighted by molar-refractivity contribution is 5.97. The zero-order chi connectivity index (χ0) is 44.4. The Balaban J connectivity index is 1.01. The van der Waals surface area contributed by atoms with E-state index < -0.39 is 10.8 Å². The Bertz CT molecular complexity index is 3530. The van der Waals surface area contributed by atoms with E-state index in [-0.39, 0.29) is 0 Å². The lowest BCUT2D eigenvalue weighted by molar-refractivity contribution is 0.767. The van der Waals surface area contributed by atoms with Crippen LogP contribution in [0.25, 0.3) is 44.2 Å². The Hall–Kier alpha value is -8.52. The average Bonchev–Trinajstić information content (AvgIpc) is 3.88. The van der Waals surface area contributed by atoms with Crippen LogP contribution in [0, 0.1) is 0 Å². The van der Waals surface area contributed by atoms with Crippen LogP contribution in [0.3, 0.4) is 0 Å². The maximum absolute atomic E-state index is 2.44. The first kappa shape index (κ1) is 38.9. The molecular weight excluding hydrogens is 807 g/mol. The zero-order valence-electron chi connectivity index (χ0n) is 36.9. The summed E-state index contributed by atoms with van der Waals surface area (Å²) in [6.07, 6.45) is 0. The summed E-state index contributed by atoms with van der Waals surface area (Å²) >= 11 is 0. The zero-order valence-corrected chi connectivity index (χ0v) is 36.9. The van der Waals surface area contributed by atoms with Gasteiger partial charge in [-0.3, -0.25) is 0 Å². The molecule has 314 valence electrons. The Labute approximate surface area is 392 Å². The van der Waals surface area contributed by atoms with Crippen LogP contribution >= 0.6 is 0 Å². The van der Waals surface area contributed by atoms with Crippen molar-refractivity contribution < 1.29 is 0 Å². The fourth-order valence-corrected chi connectivity index (χ4v) is 11.9. The van der Waals surface area contributed by atoms with Crippen LogP contribution in [-0.4, -0.2) is 0 Å². The van der Waals surface area contributed by atoms with E-state index in [1.165, 1.54) is 88.7 Å². The van der Waals surface area contributed by atoms with Gasteiger partial charge < -0.3 is 4.90 Å². The summed E-state index contributed by atoms with van der Waals surface area (Å²) in [4.78, 5) is 2.44. The predicted molar refractivity (Wildman–Crippen MR) is 279 cm³/mol. The SMILES string of the molecule is c1ccc(C2(c3ccc(N(c4ccc(-c5cccc6ccccc56)cc4)c4cccc(C5(c6ccccc6)c6ccccc6-c6ccccc65)c4)cc3)c3ccccc3-c3ccccc32)cc1. The molecule has 0 aromatic heterocycles. The molecule has 0 spiro atoms. The Morgan fingerprint density at radius 2 is 0.612 bits per heavy atom. The fourth-order valence-electron chi connectivity index (χ4n) is 11.9. The summed E-state index contributed by atoms with van der Waals surface area (Å²) in [6, 6.07) is 101. The highest BCUT2D eigenvalue weighted by Gasteiger charge is 2.47. The highest BCUT2D eigenvalue weighted by Crippen LogP contribution is 2.58. The van der Waals surface area contributed by atoms with Crippen molar-refractivity contribution in [3.05, 3.63) is 317 Å². The third-order valence-electron chi connectivity index (χ3n) is 14.6. The number of fused-ring (bicyclic) bond motifs is 7. The van der Waals surface area contributed by atoms with E-state index in [1.807, 2.05) is 0 Å². The molecule has 0 atom stereocenters. The molecule has 0 saturated carbocycles. The van der Waals surface area contributed by atoms with Gasteiger partial charge >= 0.3 is 0 Å². The van der Waals surface area contributed by atoms with Gasteiger partial charge in [0.05, 0.1) is 10.8 Å². The van der Waals surface area contributed by atoms with E-state index in [9.17, 15) is 0 Å². The molecule has 13 rings (SSSR count). The molecule has 67 heavy (non-hydrogen) atoms. The van der Waals surface area contributed by atoms with E-state index in [0.29, 0.717) is 0 Å². The molecule has 11 aromatic carbocycles. The smallest absolute Gasteiger partial charge is 0.0714 e. The molecule has 11 aromatic rings. The molecule has 1 nitrogen and oxygen atoms in total. The van der Waals surface area contributed by atoms with Crippen molar-refractivity contribution in [3.8, 4) is 33.4 Å². The molecule has 2 aliphatic rings. The van der Waals surface area contributed by atoms with Gasteiger partial charge in [-0.2, -0.15) is 0 Å². The molecule has 0 radical (unpaired) electrons. The van der Waals surface area contributed by atoms with Gasteiger partial charge in [0.25, 0.3) is 0 Å². The summed E-state index contributed by atoms with van der Waals surface area (Å²) in [5.74, 6) is 0. The quantitative estimate of drug-likeness (QED) is 0.147. The first-order valence-electron chi connectivity index (χ1n) is 23.3. The second-order valence-electron chi connectivity index (χ2n) is 17.9. The van der Waals surface area contributed by atoms with Gasteiger partial charge in [0.1, 0.15) is 0 Å². The van der Waals surface area contributed by atoms with E-state index in [0.717, 1.165) is 17.1 Å². The molecule has 0 fully saturated rings. The first-order chi connectivity index (χ1) is 33.2. The first-order valence-corrected chi connectivity index (χ1v) is 23.3. The minimum Gasteiger partial charge on any atom is -0.310 e. The molecular formula is C66H45N. The van der Waals surface area contributed by atoms with Gasteiger partial charge in [0.15, 0.2) is 0 Å². The maximum Gasteiger partial charge on any atom is 0.0714 e. The fraction of sp³-hybridized carbons (Fsp3) is 0.0303. The summed E-state index contributed by atoms with van der Waals surface area (Å²) in [6.45, 7) is 0. The summed E-state index contributed by atoms with van der Waals surface area (Å²) in [5.41, 5.74) is 20.0. The molecule has 2 aliphatic carbocycles. The van der Waals surface area contributed by atoms with Gasteiger partial charge in [-0.15, -0.1) is 0 Å². The lowest BCUT2D eigenvalue weighted by atomic mass is 9.67. The number of rotatable bonds is 8. The number of benzene rings is 11. The van der Waals surface area contributed by atoms with Crippen LogP contribution in [0.5, 0.6) is 0 Å². The number of hydrogen-bond acceptors (Lipinski definition) is 1. The van der Waals surface area contributed by atoms with Gasteiger partial charge in [0, 0.05) is 17.1 Å². The Morgan fingerprint density at radius 1 is 0.239 bits per heavy atom. The molecule has 0 bridgehead atoms. The molecule has 0 unspecified atom stereocenters. The normalized spacial score (nSPS) is 13.6. The molecule has 0 saturated heterocycles. The van der Waals surface area contributed by atoms with Crippen molar-refractivity contribution in [2.24, 2.45) is 0 Å². The number of anilines is 3. The Morgan fingerprint density at radius 3 is 1.15 bits per heavy atom. The molecule has 0 heterocycles. The minimum absolute atomic E-state index is 0.483. The molecule has 0 N–H and O–H groups in total. The van der Waals surface area contributed by atoms with Crippen LogP contribution < -0.4 is 4.90 Å². The maximum atomic E-state index is 2.44. The number of hydrogen-bond donors (Lipinski definition) is 0. The van der Waals surface area contributed by atoms with E-state index in [2.05, 4.69) is 278 Å². The highest BCUT2D eigenvalue weighted by atomic mass is 15.1. The second-order valence-corrected chi connectivity index (χ2v) is 17.9. The van der Waals surface area contributed by atoms with E-state index >= 15 is 0 Å². The molecule has 1 heteroatoms. The monoisotopic (exact) mass is 851 g/mol. The summed E-state index contributed by atoms with van der Waals surface area (Å²) in [5, 5.41) is 2.49. The standard InChI is InChI=1S/C66H45N/c1-3-21-48(22-4-1)65(61-33-13-9-28-57(61)58-29-10-14-34-62(58)65)50-39-43-53(44-40-50)67(52-41-37-47(38-42-52)56-32-17-20-46-19-7-8-27-55(46)56)54-26-18-25-51(45-54)66(49-23-5-2-6-24-49)63-35-15-11-30-59(63)60-31-12-16-36-64(60)66/h1-45H. The number of nitrogens with zero attached hydrogens (tertiary/aromatic N) is 1. The lowest BCUT2D eigenvalue weighted by Crippen LogP contribution is -2.29. The summed E-state index contributed by atoms with van der Waals surface area (Å²) in [7, 11) is 0. The molecule has 0 aliphatic heterocycles. The van der Waals surface area contributed by atoms with Crippen molar-refractivity contribution in [2.75, 3.05) is 4.90 Å². The summed E-state index contributed by atoms with van der Waals surface area (Å²) < 4.78 is 0. The van der Waals surface area contributed by atoms with Crippen LogP contribution in [-0.2, 0) is 10.8 Å². The van der Waals surface area contributed by atoms with Crippen LogP contribution in [0.15, 0.2) is 273 Å². The van der Waals surface area contributed by atoms with Crippen molar-refractivity contribution in [1.82, 2.24) is 0 Å². The van der Waals surface area contributed by atoms with Gasteiger partial charge in [-0.25, -0.2) is 0 Å². The van der Waals surface area contributed by atoms with Crippen molar-refractivity contribution in [3.63, 3.8) is 0 Å². The van der Waals surface area contributed by atoms with E-state index in [1.54, 1.807) is 0 Å². The van der Waals surface area contributed by atoms with Gasteiger partial charge in [0.2, 0.25) is 0 Å². The second kappa shape index (κ2) is 15.6. The third-order valence-corrected chi connectivity index (χ3v) is 14.6. The largest absolute Gasteiger partial charge is 0.310 e. The van der Waals surface area contributed by atoms with E-state index in [4.69, 9.17) is 0 Å². The van der Waals surface area contributed by atoms with Crippen LogP contribution in [0.4, 0.5) is 17.1 Å². The van der Waals surface area contributed by atoms with Crippen molar-refractivity contribution in [1.29, 1.82) is 0 Å². The molecule has 0 amide bonds. The van der Waals surface area contributed by atoms with Crippen LogP contribution in [0.2, 0.25) is 0 Å². The van der Waals surface area contributed by atoms with Crippen molar-refractivity contribution >= 4 is 27.8 Å². The minimum atomic E-state index is -0.524. The van der Waals surface area contributed by atoms with Crippen molar-refractivity contribution in [2.45, 2.75) is 10.8 Å². The van der Waals surface area contributed by atoms with Gasteiger partial charge in [-0.05, 0) is 125 Å². The predicted octanol–water partition coefficient (Wildman–Crippen LogP) is 16.7. The Kier molecular flexibility index (Phi) is 9.05. The third kappa shape index (κ3) is 5.81.